The van der Waals surface area contributed by atoms with Crippen molar-refractivity contribution in [2.75, 3.05) is 19.7 Å². The predicted octanol–water partition coefficient (Wildman–Crippen LogP) is 3.88. The summed E-state index contributed by atoms with van der Waals surface area (Å²) in [6.07, 6.45) is 1.87. The van der Waals surface area contributed by atoms with Crippen LogP contribution in [-0.2, 0) is 0 Å². The summed E-state index contributed by atoms with van der Waals surface area (Å²) >= 11 is 0. The lowest BCUT2D eigenvalue weighted by Crippen LogP contribution is -2.35. The first-order chi connectivity index (χ1) is 11.6. The number of ether oxygens (including phenoxy) is 1. The van der Waals surface area contributed by atoms with Crippen molar-refractivity contribution in [3.05, 3.63) is 65.2 Å². The van der Waals surface area contributed by atoms with Crippen LogP contribution in [0.1, 0.15) is 35.6 Å². The standard InChI is InChI=1S/C21H27NO2/c1-16-10-11-17(2)21(13-16)24-15-19(23)14-22-12-6-9-20(22)18-7-4-3-5-8-18/h3-5,7-8,10-11,13,19-20,23H,6,9,12,14-15H2,1-2H3. The zero-order valence-corrected chi connectivity index (χ0v) is 14.6. The first-order valence-corrected chi connectivity index (χ1v) is 8.80. The van der Waals surface area contributed by atoms with Crippen LogP contribution in [0.4, 0.5) is 0 Å². The number of likely N-dealkylation sites (tertiary alicyclic amines) is 1. The molecule has 1 aliphatic rings. The number of hydrogen-bond acceptors (Lipinski definition) is 3. The van der Waals surface area contributed by atoms with Gasteiger partial charge in [0.15, 0.2) is 0 Å². The molecular weight excluding hydrogens is 298 g/mol. The Hall–Kier alpha value is -1.84. The third kappa shape index (κ3) is 4.16. The molecule has 3 rings (SSSR count). The van der Waals surface area contributed by atoms with E-state index in [1.54, 1.807) is 0 Å². The van der Waals surface area contributed by atoms with E-state index in [1.165, 1.54) is 17.5 Å². The maximum Gasteiger partial charge on any atom is 0.122 e. The first-order valence-electron chi connectivity index (χ1n) is 8.80. The molecule has 0 saturated carbocycles. The Bertz CT molecular complexity index is 656. The van der Waals surface area contributed by atoms with Gasteiger partial charge < -0.3 is 9.84 Å². The Morgan fingerprint density at radius 1 is 1.17 bits per heavy atom. The lowest BCUT2D eigenvalue weighted by Gasteiger charge is -2.27. The molecule has 2 aromatic carbocycles. The molecule has 0 spiro atoms. The summed E-state index contributed by atoms with van der Waals surface area (Å²) in [6, 6.07) is 17.2. The molecule has 2 aromatic rings. The highest BCUT2D eigenvalue weighted by Gasteiger charge is 2.27. The number of rotatable bonds is 6. The van der Waals surface area contributed by atoms with Crippen LogP contribution >= 0.6 is 0 Å². The van der Waals surface area contributed by atoms with Gasteiger partial charge in [0.1, 0.15) is 18.5 Å². The summed E-state index contributed by atoms with van der Waals surface area (Å²) in [5.41, 5.74) is 3.63. The Kier molecular flexibility index (Phi) is 5.54. The smallest absolute Gasteiger partial charge is 0.122 e. The highest BCUT2D eigenvalue weighted by molar-refractivity contribution is 5.36. The van der Waals surface area contributed by atoms with Crippen LogP contribution in [0, 0.1) is 13.8 Å². The molecule has 0 radical (unpaired) electrons. The third-order valence-corrected chi connectivity index (χ3v) is 4.77. The first kappa shape index (κ1) is 17.0. The SMILES string of the molecule is Cc1ccc(C)c(OCC(O)CN2CCCC2c2ccccc2)c1. The van der Waals surface area contributed by atoms with Gasteiger partial charge in [-0.1, -0.05) is 42.5 Å². The van der Waals surface area contributed by atoms with E-state index >= 15 is 0 Å². The Morgan fingerprint density at radius 2 is 1.96 bits per heavy atom. The second kappa shape index (κ2) is 7.82. The molecule has 1 heterocycles. The zero-order valence-electron chi connectivity index (χ0n) is 14.6. The molecule has 0 amide bonds. The van der Waals surface area contributed by atoms with Crippen molar-refractivity contribution in [3.8, 4) is 5.75 Å². The van der Waals surface area contributed by atoms with Gasteiger partial charge in [0, 0.05) is 12.6 Å². The lowest BCUT2D eigenvalue weighted by atomic mass is 10.0. The van der Waals surface area contributed by atoms with Crippen LogP contribution in [0.2, 0.25) is 0 Å². The molecule has 2 atom stereocenters. The van der Waals surface area contributed by atoms with Gasteiger partial charge in [-0.05, 0) is 56.0 Å². The largest absolute Gasteiger partial charge is 0.491 e. The summed E-state index contributed by atoms with van der Waals surface area (Å²) in [5, 5.41) is 10.4. The fourth-order valence-corrected chi connectivity index (χ4v) is 3.47. The average molecular weight is 325 g/mol. The number of β-amino-alcohol motifs (C(OH)–C–C–N with tert-alkyl or cyclic N) is 1. The monoisotopic (exact) mass is 325 g/mol. The molecule has 1 N–H and O–H groups in total. The molecule has 24 heavy (non-hydrogen) atoms. The van der Waals surface area contributed by atoms with Crippen molar-refractivity contribution in [1.29, 1.82) is 0 Å². The second-order valence-electron chi connectivity index (χ2n) is 6.80. The summed E-state index contributed by atoms with van der Waals surface area (Å²) in [6.45, 7) is 6.12. The maximum absolute atomic E-state index is 10.4. The van der Waals surface area contributed by atoms with E-state index in [4.69, 9.17) is 4.74 Å². The van der Waals surface area contributed by atoms with Crippen LogP contribution in [-0.4, -0.2) is 35.8 Å². The van der Waals surface area contributed by atoms with Crippen molar-refractivity contribution < 1.29 is 9.84 Å². The molecule has 3 nitrogen and oxygen atoms in total. The van der Waals surface area contributed by atoms with Crippen molar-refractivity contribution in [3.63, 3.8) is 0 Å². The van der Waals surface area contributed by atoms with Gasteiger partial charge in [0.05, 0.1) is 0 Å². The van der Waals surface area contributed by atoms with E-state index in [-0.39, 0.29) is 0 Å². The Morgan fingerprint density at radius 3 is 2.75 bits per heavy atom. The van der Waals surface area contributed by atoms with E-state index < -0.39 is 6.10 Å². The molecule has 128 valence electrons. The van der Waals surface area contributed by atoms with E-state index in [9.17, 15) is 5.11 Å². The molecule has 0 aromatic heterocycles. The van der Waals surface area contributed by atoms with E-state index in [1.807, 2.05) is 13.0 Å². The third-order valence-electron chi connectivity index (χ3n) is 4.77. The van der Waals surface area contributed by atoms with Gasteiger partial charge in [-0.3, -0.25) is 4.90 Å². The highest BCUT2D eigenvalue weighted by atomic mass is 16.5. The summed E-state index contributed by atoms with van der Waals surface area (Å²) in [7, 11) is 0. The molecule has 2 unspecified atom stereocenters. The Labute approximate surface area is 144 Å². The van der Waals surface area contributed by atoms with Crippen molar-refractivity contribution in [1.82, 2.24) is 4.90 Å². The fourth-order valence-electron chi connectivity index (χ4n) is 3.47. The number of aliphatic hydroxyl groups is 1. The van der Waals surface area contributed by atoms with Gasteiger partial charge in [-0.25, -0.2) is 0 Å². The summed E-state index contributed by atoms with van der Waals surface area (Å²) in [4.78, 5) is 2.38. The van der Waals surface area contributed by atoms with E-state index in [0.717, 1.165) is 24.3 Å². The molecule has 3 heteroatoms. The number of benzene rings is 2. The molecule has 0 aliphatic carbocycles. The number of aryl methyl sites for hydroxylation is 2. The normalized spacial score (nSPS) is 19.4. The second-order valence-corrected chi connectivity index (χ2v) is 6.80. The van der Waals surface area contributed by atoms with Gasteiger partial charge in [-0.15, -0.1) is 0 Å². The topological polar surface area (TPSA) is 32.7 Å². The lowest BCUT2D eigenvalue weighted by molar-refractivity contribution is 0.0636. The fraction of sp³-hybridized carbons (Fsp3) is 0.429. The van der Waals surface area contributed by atoms with Crippen LogP contribution in [0.15, 0.2) is 48.5 Å². The van der Waals surface area contributed by atoms with Crippen molar-refractivity contribution in [2.45, 2.75) is 38.8 Å². The predicted molar refractivity (Wildman–Crippen MR) is 97.4 cm³/mol. The minimum absolute atomic E-state index is 0.336. The van der Waals surface area contributed by atoms with Crippen LogP contribution < -0.4 is 4.74 Å². The van der Waals surface area contributed by atoms with E-state index in [2.05, 4.69) is 54.3 Å². The number of hydrogen-bond donors (Lipinski definition) is 1. The van der Waals surface area contributed by atoms with E-state index in [0.29, 0.717) is 19.2 Å². The van der Waals surface area contributed by atoms with Gasteiger partial charge in [0.2, 0.25) is 0 Å². The molecular formula is C21H27NO2. The van der Waals surface area contributed by atoms with Gasteiger partial charge in [0.25, 0.3) is 0 Å². The van der Waals surface area contributed by atoms with Crippen LogP contribution in [0.25, 0.3) is 0 Å². The average Bonchev–Trinajstić information content (AvgIpc) is 3.04. The zero-order chi connectivity index (χ0) is 16.9. The van der Waals surface area contributed by atoms with Gasteiger partial charge in [-0.2, -0.15) is 0 Å². The summed E-state index contributed by atoms with van der Waals surface area (Å²) < 4.78 is 5.85. The Balaban J connectivity index is 1.56. The molecule has 1 fully saturated rings. The molecule has 1 saturated heterocycles. The molecule has 0 bridgehead atoms. The van der Waals surface area contributed by atoms with Gasteiger partial charge >= 0.3 is 0 Å². The quantitative estimate of drug-likeness (QED) is 0.875. The summed E-state index contributed by atoms with van der Waals surface area (Å²) in [5.74, 6) is 0.870. The van der Waals surface area contributed by atoms with Crippen LogP contribution in [0.3, 0.4) is 0 Å². The minimum Gasteiger partial charge on any atom is -0.491 e. The minimum atomic E-state index is -0.478. The maximum atomic E-state index is 10.4. The number of nitrogens with zero attached hydrogens (tertiary/aromatic N) is 1. The number of aliphatic hydroxyl groups excluding tert-OH is 1. The van der Waals surface area contributed by atoms with Crippen LogP contribution in [0.5, 0.6) is 5.75 Å². The highest BCUT2D eigenvalue weighted by Crippen LogP contribution is 2.31. The molecule has 1 aliphatic heterocycles. The van der Waals surface area contributed by atoms with Crippen molar-refractivity contribution in [2.24, 2.45) is 0 Å². The van der Waals surface area contributed by atoms with Crippen molar-refractivity contribution >= 4 is 0 Å².